The fraction of sp³-hybridized carbons (Fsp3) is 0.0526. The van der Waals surface area contributed by atoms with Gasteiger partial charge in [0.2, 0.25) is 0 Å². The summed E-state index contributed by atoms with van der Waals surface area (Å²) in [6.45, 7) is 0. The Hall–Kier alpha value is -4.72. The molecule has 3 aliphatic rings. The fourth-order valence-corrected chi connectivity index (χ4v) is 6.68. The van der Waals surface area contributed by atoms with Crippen molar-refractivity contribution in [1.29, 1.82) is 0 Å². The molecule has 9 rings (SSSR count). The third-order valence-electron chi connectivity index (χ3n) is 8.60. The summed E-state index contributed by atoms with van der Waals surface area (Å²) in [5.74, 6) is 0. The van der Waals surface area contributed by atoms with Crippen molar-refractivity contribution < 1.29 is 27.3 Å². The molecule has 3 aliphatic heterocycles. The van der Waals surface area contributed by atoms with Gasteiger partial charge in [-0.05, 0) is 111 Å². The molecule has 0 aliphatic carbocycles. The van der Waals surface area contributed by atoms with Crippen LogP contribution >= 0.6 is 0 Å². The van der Waals surface area contributed by atoms with Gasteiger partial charge < -0.3 is 34.6 Å². The van der Waals surface area contributed by atoms with Crippen molar-refractivity contribution in [3.63, 3.8) is 0 Å². The van der Waals surface area contributed by atoms with Gasteiger partial charge in [0.15, 0.2) is 0 Å². The zero-order chi connectivity index (χ0) is 27.7. The van der Waals surface area contributed by atoms with Crippen molar-refractivity contribution in [2.75, 3.05) is 0 Å². The van der Waals surface area contributed by atoms with Crippen LogP contribution in [0.15, 0.2) is 137 Å². The Morgan fingerprint density at radius 1 is 0.596 bits per heavy atom. The molecule has 5 heterocycles. The molecule has 14 N–H and O–H groups in total. The Kier molecular flexibility index (Phi) is 10.1. The maximum atomic E-state index is 5.48. The first-order valence-corrected chi connectivity index (χ1v) is 14.4. The first-order valence-electron chi connectivity index (χ1n) is 14.4. The van der Waals surface area contributed by atoms with Crippen molar-refractivity contribution >= 4 is 55.9 Å². The second-order valence-corrected chi connectivity index (χ2v) is 11.4. The molecule has 8 nitrogen and oxygen atoms in total. The van der Waals surface area contributed by atoms with Gasteiger partial charge in [0.25, 0.3) is 0 Å². The zero-order valence-electron chi connectivity index (χ0n) is 26.3. The number of nitrogens with one attached hydrogen (secondary N) is 2. The summed E-state index contributed by atoms with van der Waals surface area (Å²) in [7, 11) is 0. The molecule has 0 fully saturated rings. The minimum Gasteiger partial charge on any atom is -0.359 e. The third kappa shape index (κ3) is 6.09. The van der Waals surface area contributed by atoms with Gasteiger partial charge in [-0.1, -0.05) is 60.7 Å². The van der Waals surface area contributed by atoms with Crippen LogP contribution < -0.4 is 35.3 Å². The first-order chi connectivity index (χ1) is 20.7. The Bertz CT molecular complexity index is 2410. The minimum absolute atomic E-state index is 0. The van der Waals surface area contributed by atoms with E-state index in [1.165, 1.54) is 37.9 Å². The number of H-pyrrole nitrogens is 2. The molecule has 0 radical (unpaired) electrons. The monoisotopic (exact) mass is 720 g/mol. The van der Waals surface area contributed by atoms with Gasteiger partial charge in [-0.15, -0.1) is 0 Å². The maximum absolute atomic E-state index is 5.48. The van der Waals surface area contributed by atoms with Crippen LogP contribution in [0, 0.1) is 0 Å². The topological polar surface area (TPSA) is 196 Å². The van der Waals surface area contributed by atoms with E-state index in [1.54, 1.807) is 0 Å². The van der Waals surface area contributed by atoms with Gasteiger partial charge in [0, 0.05) is 55.8 Å². The van der Waals surface area contributed by atoms with Crippen LogP contribution in [0.1, 0.15) is 17.0 Å². The summed E-state index contributed by atoms with van der Waals surface area (Å²) in [4.78, 5) is 17.5. The fourth-order valence-electron chi connectivity index (χ4n) is 6.68. The Balaban J connectivity index is 0.000001000. The number of allylic oxidation sites excluding steroid dienone is 4. The largest absolute Gasteiger partial charge is 0.359 e. The van der Waals surface area contributed by atoms with Crippen molar-refractivity contribution in [3.05, 3.63) is 155 Å². The standard InChI is InChI=1S/C38H26N4.Cd.4H3N/c1-2-5-26-19-35-27(18-25(26)4-1)9-8-24-6-3-7-36(37(24)35)38-17-16-33(42-38)22-32-13-12-29(40-32)20-28-10-11-30(39-28)21-31-14-15-34(23-38)41-31;;;;;/h1-22,39,41H,23H2;;4*1H3. The summed E-state index contributed by atoms with van der Waals surface area (Å²) in [6.07, 6.45) is 15.6. The van der Waals surface area contributed by atoms with Gasteiger partial charge in [0.1, 0.15) is 5.54 Å². The van der Waals surface area contributed by atoms with Crippen LogP contribution in [0.3, 0.4) is 0 Å². The molecular weight excluding hydrogens is 681 g/mol. The van der Waals surface area contributed by atoms with Crippen molar-refractivity contribution in [3.8, 4) is 0 Å². The van der Waals surface area contributed by atoms with E-state index in [4.69, 9.17) is 9.98 Å². The van der Waals surface area contributed by atoms with Gasteiger partial charge in [0.05, 0.1) is 17.1 Å². The molecule has 1 atom stereocenters. The maximum Gasteiger partial charge on any atom is 0.111 e. The van der Waals surface area contributed by atoms with Crippen LogP contribution in [0.2, 0.25) is 0 Å². The minimum atomic E-state index is -0.578. The first kappa shape index (κ1) is 35.1. The Morgan fingerprint density at radius 2 is 1.34 bits per heavy atom. The molecular formula is C38H38CdN8. The Labute approximate surface area is 293 Å². The predicted octanol–water partition coefficient (Wildman–Crippen LogP) is 7.41. The van der Waals surface area contributed by atoms with Crippen molar-refractivity contribution in [1.82, 2.24) is 34.6 Å². The van der Waals surface area contributed by atoms with Gasteiger partial charge in [-0.2, -0.15) is 0 Å². The molecule has 1 unspecified atom stereocenters. The molecule has 232 valence electrons. The quantitative estimate of drug-likeness (QED) is 0.0585. The molecule has 4 aromatic carbocycles. The van der Waals surface area contributed by atoms with Crippen LogP contribution in [-0.4, -0.2) is 21.4 Å². The second-order valence-electron chi connectivity index (χ2n) is 11.4. The number of benzene rings is 4. The number of hydrogen-bond donors (Lipinski definition) is 6. The van der Waals surface area contributed by atoms with Crippen LogP contribution in [0.4, 0.5) is 0 Å². The average molecular weight is 719 g/mol. The van der Waals surface area contributed by atoms with Crippen LogP contribution in [0.5, 0.6) is 0 Å². The molecule has 0 saturated heterocycles. The smallest absolute Gasteiger partial charge is 0.111 e. The zero-order valence-corrected chi connectivity index (χ0v) is 30.4. The van der Waals surface area contributed by atoms with Crippen molar-refractivity contribution in [2.45, 2.75) is 12.0 Å². The number of hydrogen-bond acceptors (Lipinski definition) is 6. The van der Waals surface area contributed by atoms with E-state index in [9.17, 15) is 0 Å². The van der Waals surface area contributed by atoms with E-state index in [1.807, 2.05) is 0 Å². The summed E-state index contributed by atoms with van der Waals surface area (Å²) >= 11 is 0. The van der Waals surface area contributed by atoms with Gasteiger partial charge in [-0.3, -0.25) is 4.99 Å². The van der Waals surface area contributed by atoms with Gasteiger partial charge >= 0.3 is 0 Å². The summed E-state index contributed by atoms with van der Waals surface area (Å²) in [5, 5.41) is 9.54. The van der Waals surface area contributed by atoms with E-state index >= 15 is 0 Å². The molecule has 6 aromatic rings. The normalized spacial score (nSPS) is 17.1. The summed E-state index contributed by atoms with van der Waals surface area (Å²) in [5.41, 5.74) is 5.58. The molecule has 2 aromatic heterocycles. The molecule has 0 saturated carbocycles. The second kappa shape index (κ2) is 13.6. The van der Waals surface area contributed by atoms with Crippen molar-refractivity contribution in [2.24, 2.45) is 9.98 Å². The molecule has 9 heteroatoms. The summed E-state index contributed by atoms with van der Waals surface area (Å²) in [6, 6.07) is 32.9. The van der Waals surface area contributed by atoms with Crippen LogP contribution in [0.25, 0.3) is 44.5 Å². The summed E-state index contributed by atoms with van der Waals surface area (Å²) < 4.78 is 0. The molecule has 8 bridgehead atoms. The number of aromatic amines is 2. The number of aliphatic imine (C=N–C) groups is 2. The van der Waals surface area contributed by atoms with Crippen LogP contribution in [-0.2, 0) is 39.3 Å². The van der Waals surface area contributed by atoms with E-state index in [2.05, 4.69) is 143 Å². The SMILES string of the molecule is C1=CC2=NC1=CC1=NC(c3cccc4ccc5cc6ccccc6cc5c34)(C=C1)Cc1ccc([nH]1)C=c1ccc([nH]1)=C2.N.N.N.N.[Cd]. The van der Waals surface area contributed by atoms with E-state index in [-0.39, 0.29) is 51.9 Å². The molecule has 0 spiro atoms. The number of fused-ring (bicyclic) bond motifs is 10. The predicted molar refractivity (Wildman–Crippen MR) is 195 cm³/mol. The Morgan fingerprint density at radius 3 is 2.17 bits per heavy atom. The van der Waals surface area contributed by atoms with Gasteiger partial charge in [-0.25, -0.2) is 4.99 Å². The average Bonchev–Trinajstić information content (AvgIpc) is 3.82. The van der Waals surface area contributed by atoms with E-state index in [0.717, 1.165) is 39.2 Å². The number of nitrogens with zero attached hydrogens (tertiary/aromatic N) is 2. The van der Waals surface area contributed by atoms with E-state index < -0.39 is 5.54 Å². The molecule has 0 amide bonds. The number of rotatable bonds is 1. The van der Waals surface area contributed by atoms with E-state index in [0.29, 0.717) is 6.42 Å². The third-order valence-corrected chi connectivity index (χ3v) is 8.60. The number of aromatic nitrogens is 2. The molecule has 47 heavy (non-hydrogen) atoms.